The Morgan fingerprint density at radius 2 is 1.86 bits per heavy atom. The summed E-state index contributed by atoms with van der Waals surface area (Å²) in [6.45, 7) is 5.20. The van der Waals surface area contributed by atoms with Crippen molar-refractivity contribution in [2.24, 2.45) is 0 Å². The fourth-order valence-electron chi connectivity index (χ4n) is 1.53. The van der Waals surface area contributed by atoms with Crippen molar-refractivity contribution < 1.29 is 19.1 Å². The highest BCUT2D eigenvalue weighted by Crippen LogP contribution is 2.23. The molecule has 1 rings (SSSR count). The first-order chi connectivity index (χ1) is 9.74. The summed E-state index contributed by atoms with van der Waals surface area (Å²) in [6, 6.07) is 5.83. The number of hydrogen-bond donors (Lipinski definition) is 2. The Labute approximate surface area is 128 Å². The summed E-state index contributed by atoms with van der Waals surface area (Å²) in [5.41, 5.74) is 4.72. The Bertz CT molecular complexity index is 514. The Morgan fingerprint density at radius 1 is 1.24 bits per heavy atom. The lowest BCUT2D eigenvalue weighted by Crippen LogP contribution is -2.45. The molecule has 1 aromatic carbocycles. The van der Waals surface area contributed by atoms with Crippen molar-refractivity contribution in [2.75, 3.05) is 7.11 Å². The molecule has 0 aliphatic carbocycles. The number of esters is 1. The third kappa shape index (κ3) is 5.61. The molecule has 0 saturated heterocycles. The molecule has 0 fully saturated rings. The minimum Gasteiger partial charge on any atom is -0.468 e. The fraction of sp³-hybridized carbons (Fsp3) is 0.429. The third-order valence-electron chi connectivity index (χ3n) is 2.37. The molecule has 2 N–H and O–H groups in total. The summed E-state index contributed by atoms with van der Waals surface area (Å²) in [4.78, 5) is 23.4. The summed E-state index contributed by atoms with van der Waals surface area (Å²) >= 11 is 6.05. The smallest absolute Gasteiger partial charge is 0.422 e. The van der Waals surface area contributed by atoms with E-state index in [2.05, 4.69) is 10.9 Å². The minimum atomic E-state index is -0.934. The highest BCUT2D eigenvalue weighted by Gasteiger charge is 2.25. The number of hydrazine groups is 1. The van der Waals surface area contributed by atoms with Gasteiger partial charge in [0.25, 0.3) is 0 Å². The number of ether oxygens (including phenoxy) is 2. The first-order valence-electron chi connectivity index (χ1n) is 6.31. The molecule has 116 valence electrons. The van der Waals surface area contributed by atoms with Gasteiger partial charge in [0.15, 0.2) is 6.04 Å². The highest BCUT2D eigenvalue weighted by atomic mass is 35.5. The van der Waals surface area contributed by atoms with E-state index in [4.69, 9.17) is 21.1 Å². The molecular weight excluding hydrogens is 296 g/mol. The molecule has 0 aliphatic heterocycles. The number of carbonyl (C=O) groups is 2. The topological polar surface area (TPSA) is 76.7 Å². The van der Waals surface area contributed by atoms with E-state index in [0.29, 0.717) is 10.6 Å². The van der Waals surface area contributed by atoms with Gasteiger partial charge in [0.05, 0.1) is 7.11 Å². The summed E-state index contributed by atoms with van der Waals surface area (Å²) in [5.74, 6) is -0.584. The van der Waals surface area contributed by atoms with Crippen molar-refractivity contribution in [2.45, 2.75) is 32.4 Å². The van der Waals surface area contributed by atoms with Gasteiger partial charge in [-0.25, -0.2) is 15.0 Å². The quantitative estimate of drug-likeness (QED) is 0.660. The maximum absolute atomic E-state index is 11.8. The van der Waals surface area contributed by atoms with Crippen LogP contribution in [-0.4, -0.2) is 24.8 Å². The van der Waals surface area contributed by atoms with Crippen LogP contribution in [-0.2, 0) is 14.3 Å². The predicted molar refractivity (Wildman–Crippen MR) is 78.7 cm³/mol. The molecule has 1 atom stereocenters. The van der Waals surface area contributed by atoms with Crippen LogP contribution < -0.4 is 10.9 Å². The molecule has 1 amide bonds. The van der Waals surface area contributed by atoms with Crippen molar-refractivity contribution in [1.29, 1.82) is 0 Å². The van der Waals surface area contributed by atoms with Crippen LogP contribution in [0, 0.1) is 0 Å². The second-order valence-corrected chi connectivity index (χ2v) is 5.66. The number of rotatable bonds is 4. The standard InChI is InChI=1S/C14H19ClN2O4/c1-14(2,3)21-13(19)17-16-11(12(18)20-4)9-7-5-6-8-10(9)15/h5-8,11,16H,1-4H3,(H,17,19)/t11-/m0/s1. The van der Waals surface area contributed by atoms with Crippen LogP contribution >= 0.6 is 11.6 Å². The normalized spacial score (nSPS) is 12.4. The molecule has 1 aromatic rings. The largest absolute Gasteiger partial charge is 0.468 e. The number of halogens is 1. The second-order valence-electron chi connectivity index (χ2n) is 5.25. The fourth-order valence-corrected chi connectivity index (χ4v) is 1.77. The minimum absolute atomic E-state index is 0.381. The van der Waals surface area contributed by atoms with Gasteiger partial charge < -0.3 is 9.47 Å². The Morgan fingerprint density at radius 3 is 2.38 bits per heavy atom. The summed E-state index contributed by atoms with van der Waals surface area (Å²) in [6.07, 6.45) is -0.705. The van der Waals surface area contributed by atoms with Gasteiger partial charge in [0.1, 0.15) is 5.60 Å². The van der Waals surface area contributed by atoms with Gasteiger partial charge in [-0.15, -0.1) is 0 Å². The maximum Gasteiger partial charge on any atom is 0.422 e. The Kier molecular flexibility index (Phi) is 5.99. The van der Waals surface area contributed by atoms with Gasteiger partial charge in [-0.05, 0) is 26.8 Å². The molecular formula is C14H19ClN2O4. The molecule has 6 nitrogen and oxygen atoms in total. The molecule has 0 bridgehead atoms. The lowest BCUT2D eigenvalue weighted by molar-refractivity contribution is -0.143. The zero-order valence-electron chi connectivity index (χ0n) is 12.4. The van der Waals surface area contributed by atoms with Crippen LogP contribution in [0.3, 0.4) is 0 Å². The van der Waals surface area contributed by atoms with Crippen molar-refractivity contribution in [3.63, 3.8) is 0 Å². The Hall–Kier alpha value is -1.79. The highest BCUT2D eigenvalue weighted by molar-refractivity contribution is 6.31. The van der Waals surface area contributed by atoms with E-state index in [1.54, 1.807) is 45.0 Å². The molecule has 0 saturated carbocycles. The summed E-state index contributed by atoms with van der Waals surface area (Å²) in [7, 11) is 1.25. The van der Waals surface area contributed by atoms with Crippen LogP contribution in [0.1, 0.15) is 32.4 Å². The van der Waals surface area contributed by atoms with Gasteiger partial charge in [-0.2, -0.15) is 0 Å². The van der Waals surface area contributed by atoms with E-state index >= 15 is 0 Å². The van der Waals surface area contributed by atoms with E-state index in [-0.39, 0.29) is 0 Å². The zero-order chi connectivity index (χ0) is 16.0. The van der Waals surface area contributed by atoms with Crippen molar-refractivity contribution in [1.82, 2.24) is 10.9 Å². The number of hydrogen-bond acceptors (Lipinski definition) is 5. The SMILES string of the molecule is COC(=O)[C@@H](NNC(=O)OC(C)(C)C)c1ccccc1Cl. The average Bonchev–Trinajstić information content (AvgIpc) is 2.38. The van der Waals surface area contributed by atoms with E-state index in [1.165, 1.54) is 7.11 Å². The van der Waals surface area contributed by atoms with Crippen molar-refractivity contribution in [3.8, 4) is 0 Å². The number of methoxy groups -OCH3 is 1. The van der Waals surface area contributed by atoms with Crippen LogP contribution in [0.15, 0.2) is 24.3 Å². The lowest BCUT2D eigenvalue weighted by Gasteiger charge is -2.22. The van der Waals surface area contributed by atoms with Crippen LogP contribution in [0.5, 0.6) is 0 Å². The molecule has 0 aromatic heterocycles. The molecule has 7 heteroatoms. The van der Waals surface area contributed by atoms with Crippen LogP contribution in [0.4, 0.5) is 4.79 Å². The first kappa shape index (κ1) is 17.3. The molecule has 0 unspecified atom stereocenters. The van der Waals surface area contributed by atoms with E-state index < -0.39 is 23.7 Å². The molecule has 21 heavy (non-hydrogen) atoms. The van der Waals surface area contributed by atoms with Crippen molar-refractivity contribution >= 4 is 23.7 Å². The van der Waals surface area contributed by atoms with E-state index in [1.807, 2.05) is 0 Å². The van der Waals surface area contributed by atoms with Gasteiger partial charge in [0, 0.05) is 10.6 Å². The van der Waals surface area contributed by atoms with Gasteiger partial charge in [0.2, 0.25) is 0 Å². The number of nitrogens with one attached hydrogen (secondary N) is 2. The van der Waals surface area contributed by atoms with E-state index in [9.17, 15) is 9.59 Å². The van der Waals surface area contributed by atoms with Crippen LogP contribution in [0.25, 0.3) is 0 Å². The predicted octanol–water partition coefficient (Wildman–Crippen LogP) is 2.58. The molecule has 0 spiro atoms. The number of benzene rings is 1. The van der Waals surface area contributed by atoms with Crippen LogP contribution in [0.2, 0.25) is 5.02 Å². The average molecular weight is 315 g/mol. The monoisotopic (exact) mass is 314 g/mol. The van der Waals surface area contributed by atoms with Crippen molar-refractivity contribution in [3.05, 3.63) is 34.9 Å². The summed E-state index contributed by atoms with van der Waals surface area (Å²) in [5, 5.41) is 0.381. The third-order valence-corrected chi connectivity index (χ3v) is 2.71. The van der Waals surface area contributed by atoms with Gasteiger partial charge in [-0.1, -0.05) is 29.8 Å². The molecule has 0 radical (unpaired) electrons. The maximum atomic E-state index is 11.8. The molecule has 0 heterocycles. The molecule has 0 aliphatic rings. The number of amides is 1. The van der Waals surface area contributed by atoms with Gasteiger partial charge in [-0.3, -0.25) is 5.43 Å². The van der Waals surface area contributed by atoms with E-state index in [0.717, 1.165) is 0 Å². The van der Waals surface area contributed by atoms with Gasteiger partial charge >= 0.3 is 12.1 Å². The zero-order valence-corrected chi connectivity index (χ0v) is 13.2. The first-order valence-corrected chi connectivity index (χ1v) is 6.69. The lowest BCUT2D eigenvalue weighted by atomic mass is 10.1. The number of carbonyl (C=O) groups excluding carboxylic acids is 2. The summed E-state index contributed by atoms with van der Waals surface area (Å²) < 4.78 is 9.77. The second kappa shape index (κ2) is 7.28. The Balaban J connectivity index is 2.80.